The van der Waals surface area contributed by atoms with Gasteiger partial charge in [-0.05, 0) is 24.2 Å². The number of nitrogens with zero attached hydrogens (tertiary/aromatic N) is 1. The molecule has 2 rings (SSSR count). The van der Waals surface area contributed by atoms with E-state index in [1.165, 1.54) is 5.56 Å². The molecule has 0 saturated carbocycles. The number of carbonyl (C=O) groups excluding carboxylic acids is 1. The van der Waals surface area contributed by atoms with Gasteiger partial charge in [-0.25, -0.2) is 0 Å². The summed E-state index contributed by atoms with van der Waals surface area (Å²) in [5.41, 5.74) is 14.5. The molecule has 5 N–H and O–H groups in total. The summed E-state index contributed by atoms with van der Waals surface area (Å²) in [5, 5.41) is 2.83. The van der Waals surface area contributed by atoms with Crippen LogP contribution in [0.15, 0.2) is 18.2 Å². The molecule has 98 valence electrons. The molecule has 1 aliphatic heterocycles. The van der Waals surface area contributed by atoms with Gasteiger partial charge < -0.3 is 21.7 Å². The van der Waals surface area contributed by atoms with Crippen LogP contribution in [0, 0.1) is 0 Å². The molecule has 1 atom stereocenters. The molecule has 1 aromatic rings. The maximum Gasteiger partial charge on any atom is 0.228 e. The maximum atomic E-state index is 11.3. The van der Waals surface area contributed by atoms with Crippen molar-refractivity contribution < 1.29 is 4.79 Å². The van der Waals surface area contributed by atoms with Gasteiger partial charge in [0.1, 0.15) is 0 Å². The lowest BCUT2D eigenvalue weighted by Crippen LogP contribution is -2.40. The van der Waals surface area contributed by atoms with Crippen LogP contribution in [0.25, 0.3) is 0 Å². The first-order chi connectivity index (χ1) is 8.58. The van der Waals surface area contributed by atoms with E-state index in [4.69, 9.17) is 11.5 Å². The Kier molecular flexibility index (Phi) is 3.96. The first-order valence-electron chi connectivity index (χ1n) is 6.14. The van der Waals surface area contributed by atoms with Gasteiger partial charge in [-0.2, -0.15) is 0 Å². The molecule has 0 aliphatic carbocycles. The molecule has 1 aromatic carbocycles. The van der Waals surface area contributed by atoms with Crippen molar-refractivity contribution in [2.75, 3.05) is 25.5 Å². The van der Waals surface area contributed by atoms with Crippen LogP contribution in [0.4, 0.5) is 5.69 Å². The minimum atomic E-state index is 0.00710. The number of hydrogen-bond donors (Lipinski definition) is 3. The third-order valence-electron chi connectivity index (χ3n) is 3.10. The van der Waals surface area contributed by atoms with Crippen LogP contribution in [-0.4, -0.2) is 37.0 Å². The quantitative estimate of drug-likeness (QED) is 0.679. The standard InChI is InChI=1S/C13H20N4O/c1-17(8-11(15)6-14)7-9-2-3-12-10(4-9)5-13(18)16-12/h2-4,11H,5-8,14-15H2,1H3,(H,16,18). The molecule has 5 heteroatoms. The minimum Gasteiger partial charge on any atom is -0.329 e. The summed E-state index contributed by atoms with van der Waals surface area (Å²) in [7, 11) is 2.02. The van der Waals surface area contributed by atoms with E-state index in [0.717, 1.165) is 24.3 Å². The van der Waals surface area contributed by atoms with Crippen molar-refractivity contribution in [1.82, 2.24) is 4.90 Å². The zero-order valence-electron chi connectivity index (χ0n) is 10.6. The molecule has 0 fully saturated rings. The second-order valence-electron chi connectivity index (χ2n) is 4.91. The van der Waals surface area contributed by atoms with Gasteiger partial charge in [0.2, 0.25) is 5.91 Å². The highest BCUT2D eigenvalue weighted by atomic mass is 16.1. The summed E-state index contributed by atoms with van der Waals surface area (Å²) in [6.07, 6.45) is 0.481. The lowest BCUT2D eigenvalue weighted by Gasteiger charge is -2.20. The molecule has 0 spiro atoms. The van der Waals surface area contributed by atoms with E-state index in [1.807, 2.05) is 19.2 Å². The van der Waals surface area contributed by atoms with Gasteiger partial charge in [0.05, 0.1) is 6.42 Å². The molecular formula is C13H20N4O. The summed E-state index contributed by atoms with van der Waals surface area (Å²) in [6.45, 7) is 2.08. The average molecular weight is 248 g/mol. The van der Waals surface area contributed by atoms with Gasteiger partial charge in [-0.15, -0.1) is 0 Å². The predicted octanol–water partition coefficient (Wildman–Crippen LogP) is -0.101. The summed E-state index contributed by atoms with van der Waals surface area (Å²) < 4.78 is 0. The van der Waals surface area contributed by atoms with Crippen molar-refractivity contribution >= 4 is 11.6 Å². The van der Waals surface area contributed by atoms with Crippen LogP contribution in [-0.2, 0) is 17.8 Å². The highest BCUT2D eigenvalue weighted by Gasteiger charge is 2.17. The smallest absolute Gasteiger partial charge is 0.228 e. The molecule has 18 heavy (non-hydrogen) atoms. The largest absolute Gasteiger partial charge is 0.329 e. The predicted molar refractivity (Wildman–Crippen MR) is 72.1 cm³/mol. The van der Waals surface area contributed by atoms with Crippen LogP contribution in [0.5, 0.6) is 0 Å². The maximum absolute atomic E-state index is 11.3. The van der Waals surface area contributed by atoms with Crippen molar-refractivity contribution in [2.45, 2.75) is 19.0 Å². The fraction of sp³-hybridized carbons (Fsp3) is 0.462. The van der Waals surface area contributed by atoms with E-state index in [9.17, 15) is 4.79 Å². The van der Waals surface area contributed by atoms with Gasteiger partial charge >= 0.3 is 0 Å². The molecular weight excluding hydrogens is 228 g/mol. The molecule has 1 amide bonds. The Labute approximate surface area is 107 Å². The molecule has 1 aliphatic rings. The van der Waals surface area contributed by atoms with E-state index >= 15 is 0 Å². The number of nitrogens with two attached hydrogens (primary N) is 2. The summed E-state index contributed by atoms with van der Waals surface area (Å²) >= 11 is 0. The van der Waals surface area contributed by atoms with Gasteiger partial charge in [0, 0.05) is 31.4 Å². The van der Waals surface area contributed by atoms with Crippen LogP contribution in [0.1, 0.15) is 11.1 Å². The van der Waals surface area contributed by atoms with E-state index in [0.29, 0.717) is 13.0 Å². The molecule has 1 heterocycles. The third-order valence-corrected chi connectivity index (χ3v) is 3.10. The molecule has 0 radical (unpaired) electrons. The normalized spacial score (nSPS) is 15.7. The van der Waals surface area contributed by atoms with E-state index in [2.05, 4.69) is 16.3 Å². The number of rotatable bonds is 5. The number of carbonyl (C=O) groups is 1. The molecule has 1 unspecified atom stereocenters. The molecule has 0 bridgehead atoms. The number of likely N-dealkylation sites (N-methyl/N-ethyl adjacent to an activating group) is 1. The minimum absolute atomic E-state index is 0.00710. The number of hydrogen-bond acceptors (Lipinski definition) is 4. The summed E-state index contributed by atoms with van der Waals surface area (Å²) in [4.78, 5) is 13.4. The van der Waals surface area contributed by atoms with Gasteiger partial charge in [0.15, 0.2) is 0 Å². The summed E-state index contributed by atoms with van der Waals surface area (Å²) in [5.74, 6) is 0.0701. The zero-order chi connectivity index (χ0) is 13.1. The SMILES string of the molecule is CN(Cc1ccc2c(c1)CC(=O)N2)CC(N)CN. The number of nitrogens with one attached hydrogen (secondary N) is 1. The van der Waals surface area contributed by atoms with Gasteiger partial charge in [0.25, 0.3) is 0 Å². The Hall–Kier alpha value is -1.43. The molecule has 0 saturated heterocycles. The van der Waals surface area contributed by atoms with Crippen molar-refractivity contribution in [2.24, 2.45) is 11.5 Å². The number of amides is 1. The fourth-order valence-electron chi connectivity index (χ4n) is 2.23. The number of fused-ring (bicyclic) bond motifs is 1. The van der Waals surface area contributed by atoms with E-state index in [-0.39, 0.29) is 11.9 Å². The Morgan fingerprint density at radius 2 is 2.28 bits per heavy atom. The van der Waals surface area contributed by atoms with Crippen LogP contribution in [0.3, 0.4) is 0 Å². The zero-order valence-corrected chi connectivity index (χ0v) is 10.6. The first-order valence-corrected chi connectivity index (χ1v) is 6.14. The Morgan fingerprint density at radius 1 is 1.50 bits per heavy atom. The van der Waals surface area contributed by atoms with Crippen molar-refractivity contribution in [3.8, 4) is 0 Å². The van der Waals surface area contributed by atoms with Gasteiger partial charge in [-0.1, -0.05) is 12.1 Å². The van der Waals surface area contributed by atoms with Crippen LogP contribution in [0.2, 0.25) is 0 Å². The second kappa shape index (κ2) is 5.48. The highest BCUT2D eigenvalue weighted by molar-refractivity contribution is 5.99. The Balaban J connectivity index is 1.98. The van der Waals surface area contributed by atoms with E-state index in [1.54, 1.807) is 0 Å². The van der Waals surface area contributed by atoms with Crippen LogP contribution < -0.4 is 16.8 Å². The molecule has 5 nitrogen and oxygen atoms in total. The second-order valence-corrected chi connectivity index (χ2v) is 4.91. The average Bonchev–Trinajstić information content (AvgIpc) is 2.68. The number of benzene rings is 1. The lowest BCUT2D eigenvalue weighted by atomic mass is 10.1. The summed E-state index contributed by atoms with van der Waals surface area (Å²) in [6, 6.07) is 6.09. The Morgan fingerprint density at radius 3 is 3.00 bits per heavy atom. The monoisotopic (exact) mass is 248 g/mol. The van der Waals surface area contributed by atoms with Crippen molar-refractivity contribution in [1.29, 1.82) is 0 Å². The fourth-order valence-corrected chi connectivity index (χ4v) is 2.23. The van der Waals surface area contributed by atoms with Crippen molar-refractivity contribution in [3.05, 3.63) is 29.3 Å². The lowest BCUT2D eigenvalue weighted by molar-refractivity contribution is -0.115. The van der Waals surface area contributed by atoms with E-state index < -0.39 is 0 Å². The number of anilines is 1. The molecule has 0 aromatic heterocycles. The van der Waals surface area contributed by atoms with Crippen molar-refractivity contribution in [3.63, 3.8) is 0 Å². The van der Waals surface area contributed by atoms with Crippen LogP contribution >= 0.6 is 0 Å². The Bertz CT molecular complexity index is 447. The first kappa shape index (κ1) is 13.0. The topological polar surface area (TPSA) is 84.4 Å². The van der Waals surface area contributed by atoms with Gasteiger partial charge in [-0.3, -0.25) is 4.79 Å². The highest BCUT2D eigenvalue weighted by Crippen LogP contribution is 2.24. The third kappa shape index (κ3) is 3.07.